The van der Waals surface area contributed by atoms with Crippen LogP contribution >= 0.6 is 0 Å². The number of hydrogen-bond acceptors (Lipinski definition) is 3. The van der Waals surface area contributed by atoms with E-state index >= 15 is 0 Å². The molecule has 1 saturated heterocycles. The van der Waals surface area contributed by atoms with Crippen LogP contribution in [-0.2, 0) is 6.54 Å². The molecule has 1 fully saturated rings. The first-order valence-electron chi connectivity index (χ1n) is 5.87. The van der Waals surface area contributed by atoms with Crippen LogP contribution in [0.1, 0.15) is 6.92 Å². The molecule has 1 N–H and O–H groups in total. The maximum atomic E-state index is 11.5. The van der Waals surface area contributed by atoms with Crippen LogP contribution < -0.4 is 10.9 Å². The quantitative estimate of drug-likeness (QED) is 0.789. The molecule has 0 aliphatic carbocycles. The zero-order chi connectivity index (χ0) is 11.4. The average molecular weight is 221 g/mol. The molecule has 0 bridgehead atoms. The zero-order valence-electron chi connectivity index (χ0n) is 9.72. The Hall–Kier alpha value is -1.13. The van der Waals surface area contributed by atoms with Gasteiger partial charge in [0, 0.05) is 51.0 Å². The summed E-state index contributed by atoms with van der Waals surface area (Å²) in [4.78, 5) is 13.9. The van der Waals surface area contributed by atoms with E-state index in [0.29, 0.717) is 6.04 Å². The summed E-state index contributed by atoms with van der Waals surface area (Å²) in [6, 6.07) is 5.86. The summed E-state index contributed by atoms with van der Waals surface area (Å²) in [6.07, 6.45) is 1.86. The van der Waals surface area contributed by atoms with Gasteiger partial charge in [0.25, 0.3) is 5.56 Å². The Morgan fingerprint density at radius 3 is 3.06 bits per heavy atom. The van der Waals surface area contributed by atoms with Crippen molar-refractivity contribution in [3.63, 3.8) is 0 Å². The topological polar surface area (TPSA) is 37.3 Å². The van der Waals surface area contributed by atoms with Gasteiger partial charge in [-0.2, -0.15) is 0 Å². The monoisotopic (exact) mass is 221 g/mol. The molecule has 1 aromatic heterocycles. The predicted molar refractivity (Wildman–Crippen MR) is 64.6 cm³/mol. The molecule has 1 atom stereocenters. The van der Waals surface area contributed by atoms with E-state index in [1.807, 2.05) is 12.3 Å². The minimum Gasteiger partial charge on any atom is -0.314 e. The van der Waals surface area contributed by atoms with E-state index in [0.717, 1.165) is 32.7 Å². The largest absolute Gasteiger partial charge is 0.314 e. The number of piperazine rings is 1. The highest BCUT2D eigenvalue weighted by Gasteiger charge is 2.16. The summed E-state index contributed by atoms with van der Waals surface area (Å²) in [5.41, 5.74) is 0.0882. The third kappa shape index (κ3) is 2.71. The fourth-order valence-electron chi connectivity index (χ4n) is 2.10. The summed E-state index contributed by atoms with van der Waals surface area (Å²) in [5.74, 6) is 0. The van der Waals surface area contributed by atoms with Gasteiger partial charge in [0.1, 0.15) is 0 Å². The second-order valence-corrected chi connectivity index (χ2v) is 4.32. The van der Waals surface area contributed by atoms with Crippen LogP contribution in [0.25, 0.3) is 0 Å². The Balaban J connectivity index is 1.92. The van der Waals surface area contributed by atoms with E-state index in [4.69, 9.17) is 0 Å². The summed E-state index contributed by atoms with van der Waals surface area (Å²) < 4.78 is 1.77. The van der Waals surface area contributed by atoms with Gasteiger partial charge in [0.05, 0.1) is 0 Å². The molecule has 1 aliphatic rings. The normalized spacial score (nSPS) is 22.2. The van der Waals surface area contributed by atoms with Crippen molar-refractivity contribution in [2.45, 2.75) is 19.5 Å². The fourth-order valence-corrected chi connectivity index (χ4v) is 2.10. The van der Waals surface area contributed by atoms with E-state index in [2.05, 4.69) is 17.1 Å². The lowest BCUT2D eigenvalue weighted by Crippen LogP contribution is -2.50. The van der Waals surface area contributed by atoms with Gasteiger partial charge in [-0.15, -0.1) is 0 Å². The smallest absolute Gasteiger partial charge is 0.250 e. The minimum atomic E-state index is 0.0882. The molecule has 4 nitrogen and oxygen atoms in total. The maximum absolute atomic E-state index is 11.5. The van der Waals surface area contributed by atoms with Crippen molar-refractivity contribution >= 4 is 0 Å². The number of hydrogen-bond donors (Lipinski definition) is 1. The van der Waals surface area contributed by atoms with Crippen LogP contribution in [0.2, 0.25) is 0 Å². The molecule has 16 heavy (non-hydrogen) atoms. The van der Waals surface area contributed by atoms with Gasteiger partial charge < -0.3 is 9.88 Å². The van der Waals surface area contributed by atoms with Crippen molar-refractivity contribution < 1.29 is 0 Å². The molecule has 0 aromatic carbocycles. The maximum Gasteiger partial charge on any atom is 0.250 e. The lowest BCUT2D eigenvalue weighted by molar-refractivity contribution is 0.167. The minimum absolute atomic E-state index is 0.0882. The number of pyridine rings is 1. The molecular formula is C12H19N3O. The van der Waals surface area contributed by atoms with E-state index in [1.54, 1.807) is 16.7 Å². The Bertz CT molecular complexity index is 388. The third-order valence-electron chi connectivity index (χ3n) is 3.17. The van der Waals surface area contributed by atoms with E-state index in [-0.39, 0.29) is 5.56 Å². The molecule has 0 amide bonds. The molecule has 4 heteroatoms. The molecular weight excluding hydrogens is 202 g/mol. The lowest BCUT2D eigenvalue weighted by atomic mass is 10.2. The zero-order valence-corrected chi connectivity index (χ0v) is 9.72. The van der Waals surface area contributed by atoms with Crippen molar-refractivity contribution in [1.82, 2.24) is 14.8 Å². The van der Waals surface area contributed by atoms with Crippen molar-refractivity contribution in [2.24, 2.45) is 0 Å². The van der Waals surface area contributed by atoms with Gasteiger partial charge in [-0.05, 0) is 13.0 Å². The highest BCUT2D eigenvalue weighted by Crippen LogP contribution is 2.01. The van der Waals surface area contributed by atoms with Crippen LogP contribution in [0, 0.1) is 0 Å². The molecule has 0 radical (unpaired) electrons. The van der Waals surface area contributed by atoms with E-state index < -0.39 is 0 Å². The lowest BCUT2D eigenvalue weighted by Gasteiger charge is -2.33. The summed E-state index contributed by atoms with van der Waals surface area (Å²) in [5, 5.41) is 3.36. The molecule has 1 aromatic rings. The number of nitrogens with one attached hydrogen (secondary N) is 1. The molecule has 0 saturated carbocycles. The summed E-state index contributed by atoms with van der Waals surface area (Å²) >= 11 is 0. The van der Waals surface area contributed by atoms with E-state index in [1.165, 1.54) is 0 Å². The van der Waals surface area contributed by atoms with Crippen molar-refractivity contribution in [1.29, 1.82) is 0 Å². The molecule has 2 rings (SSSR count). The van der Waals surface area contributed by atoms with Crippen molar-refractivity contribution in [3.8, 4) is 0 Å². The van der Waals surface area contributed by atoms with Gasteiger partial charge in [-0.3, -0.25) is 9.69 Å². The first kappa shape index (κ1) is 11.4. The molecule has 0 spiro atoms. The molecule has 0 unspecified atom stereocenters. The van der Waals surface area contributed by atoms with Crippen molar-refractivity contribution in [3.05, 3.63) is 34.7 Å². The first-order valence-corrected chi connectivity index (χ1v) is 5.87. The van der Waals surface area contributed by atoms with Crippen LogP contribution in [-0.4, -0.2) is 41.7 Å². The molecule has 2 heterocycles. The highest BCUT2D eigenvalue weighted by atomic mass is 16.1. The second-order valence-electron chi connectivity index (χ2n) is 4.32. The predicted octanol–water partition coefficient (Wildman–Crippen LogP) is 0.142. The Morgan fingerprint density at radius 2 is 2.31 bits per heavy atom. The van der Waals surface area contributed by atoms with Crippen molar-refractivity contribution in [2.75, 3.05) is 26.2 Å². The standard InChI is InChI=1S/C12H19N3O/c1-11-10-13-5-7-14(11)8-9-15-6-3-2-4-12(15)16/h2-4,6,11,13H,5,7-10H2,1H3/t11-/m1/s1. The summed E-state index contributed by atoms with van der Waals surface area (Å²) in [6.45, 7) is 7.12. The Morgan fingerprint density at radius 1 is 1.44 bits per heavy atom. The number of nitrogens with zero attached hydrogens (tertiary/aromatic N) is 2. The van der Waals surface area contributed by atoms with Gasteiger partial charge in [-0.1, -0.05) is 6.07 Å². The van der Waals surface area contributed by atoms with Gasteiger partial charge in [-0.25, -0.2) is 0 Å². The molecule has 88 valence electrons. The summed E-state index contributed by atoms with van der Waals surface area (Å²) in [7, 11) is 0. The van der Waals surface area contributed by atoms with Crippen LogP contribution in [0.4, 0.5) is 0 Å². The second kappa shape index (κ2) is 5.27. The highest BCUT2D eigenvalue weighted by molar-refractivity contribution is 4.93. The number of aromatic nitrogens is 1. The Kier molecular flexibility index (Phi) is 3.74. The van der Waals surface area contributed by atoms with Crippen LogP contribution in [0.15, 0.2) is 29.2 Å². The van der Waals surface area contributed by atoms with Gasteiger partial charge in [0.15, 0.2) is 0 Å². The SMILES string of the molecule is C[C@@H]1CNCCN1CCn1ccccc1=O. The van der Waals surface area contributed by atoms with Gasteiger partial charge >= 0.3 is 0 Å². The average Bonchev–Trinajstić information content (AvgIpc) is 2.30. The van der Waals surface area contributed by atoms with Gasteiger partial charge in [0.2, 0.25) is 0 Å². The first-order chi connectivity index (χ1) is 7.77. The number of rotatable bonds is 3. The van der Waals surface area contributed by atoms with Crippen LogP contribution in [0.3, 0.4) is 0 Å². The fraction of sp³-hybridized carbons (Fsp3) is 0.583. The van der Waals surface area contributed by atoms with Crippen LogP contribution in [0.5, 0.6) is 0 Å². The molecule has 1 aliphatic heterocycles. The van der Waals surface area contributed by atoms with E-state index in [9.17, 15) is 4.79 Å². The third-order valence-corrected chi connectivity index (χ3v) is 3.17. The Labute approximate surface area is 95.9 Å².